The second-order valence-corrected chi connectivity index (χ2v) is 5.99. The van der Waals surface area contributed by atoms with E-state index in [0.29, 0.717) is 17.5 Å². The first-order chi connectivity index (χ1) is 9.65. The normalized spacial score (nSPS) is 23.6. The van der Waals surface area contributed by atoms with Gasteiger partial charge in [-0.05, 0) is 49.4 Å². The van der Waals surface area contributed by atoms with Gasteiger partial charge >= 0.3 is 0 Å². The van der Waals surface area contributed by atoms with Gasteiger partial charge in [-0.25, -0.2) is 0 Å². The van der Waals surface area contributed by atoms with E-state index >= 15 is 0 Å². The van der Waals surface area contributed by atoms with Gasteiger partial charge in [0.2, 0.25) is 5.91 Å². The number of hydrogen-bond acceptors (Lipinski definition) is 2. The zero-order chi connectivity index (χ0) is 14.5. The lowest BCUT2D eigenvalue weighted by molar-refractivity contribution is -0.126. The van der Waals surface area contributed by atoms with Crippen LogP contribution in [-0.2, 0) is 4.79 Å². The number of carbonyl (C=O) groups excluding carboxylic acids is 1. The zero-order valence-electron chi connectivity index (χ0n) is 11.9. The van der Waals surface area contributed by atoms with E-state index in [2.05, 4.69) is 12.2 Å². The molecule has 0 radical (unpaired) electrons. The minimum Gasteiger partial charge on any atom is -0.349 e. The van der Waals surface area contributed by atoms with Crippen LogP contribution in [0.3, 0.4) is 0 Å². The van der Waals surface area contributed by atoms with E-state index < -0.39 is 0 Å². The molecule has 1 aliphatic carbocycles. The molecule has 0 bridgehead atoms. The molecule has 1 aliphatic rings. The van der Waals surface area contributed by atoms with Gasteiger partial charge < -0.3 is 11.1 Å². The van der Waals surface area contributed by atoms with E-state index in [4.69, 9.17) is 17.3 Å². The molecular weight excluding hydrogens is 272 g/mol. The van der Waals surface area contributed by atoms with Crippen LogP contribution in [0.1, 0.15) is 44.2 Å². The highest BCUT2D eigenvalue weighted by molar-refractivity contribution is 6.30. The summed E-state index contributed by atoms with van der Waals surface area (Å²) in [4.78, 5) is 12.4. The molecule has 2 rings (SSSR count). The maximum Gasteiger partial charge on any atom is 0.223 e. The molecule has 1 amide bonds. The molecule has 1 aromatic rings. The molecule has 3 N–H and O–H groups in total. The van der Waals surface area contributed by atoms with Gasteiger partial charge in [0, 0.05) is 10.9 Å². The first kappa shape index (κ1) is 15.3. The highest BCUT2D eigenvalue weighted by Crippen LogP contribution is 2.32. The Morgan fingerprint density at radius 1 is 1.40 bits per heavy atom. The Morgan fingerprint density at radius 3 is 2.70 bits per heavy atom. The molecule has 0 saturated heterocycles. The fraction of sp³-hybridized carbons (Fsp3) is 0.562. The number of carbonyl (C=O) groups is 1. The third kappa shape index (κ3) is 3.53. The number of halogens is 1. The highest BCUT2D eigenvalue weighted by atomic mass is 35.5. The average molecular weight is 295 g/mol. The van der Waals surface area contributed by atoms with Crippen LogP contribution < -0.4 is 11.1 Å². The largest absolute Gasteiger partial charge is 0.349 e. The van der Waals surface area contributed by atoms with Crippen LogP contribution in [-0.4, -0.2) is 12.5 Å². The molecule has 1 aromatic carbocycles. The predicted octanol–water partition coefficient (Wildman–Crippen LogP) is 3.28. The molecule has 1 unspecified atom stereocenters. The second kappa shape index (κ2) is 7.09. The van der Waals surface area contributed by atoms with Crippen molar-refractivity contribution in [2.75, 3.05) is 6.54 Å². The third-order valence-corrected chi connectivity index (χ3v) is 4.55. The third-order valence-electron chi connectivity index (χ3n) is 4.30. The van der Waals surface area contributed by atoms with Crippen molar-refractivity contribution in [3.8, 4) is 0 Å². The molecule has 1 fully saturated rings. The number of amides is 1. The summed E-state index contributed by atoms with van der Waals surface area (Å²) in [6.45, 7) is 2.68. The quantitative estimate of drug-likeness (QED) is 0.875. The van der Waals surface area contributed by atoms with Crippen LogP contribution in [0, 0.1) is 11.8 Å². The summed E-state index contributed by atoms with van der Waals surface area (Å²) >= 11 is 5.91. The molecular formula is C16H23ClN2O. The van der Waals surface area contributed by atoms with Gasteiger partial charge in [-0.15, -0.1) is 0 Å². The van der Waals surface area contributed by atoms with Crippen molar-refractivity contribution in [1.29, 1.82) is 0 Å². The summed E-state index contributed by atoms with van der Waals surface area (Å²) in [5, 5.41) is 3.89. The lowest BCUT2D eigenvalue weighted by Gasteiger charge is -2.23. The Hall–Kier alpha value is -1.06. The summed E-state index contributed by atoms with van der Waals surface area (Å²) in [7, 11) is 0. The van der Waals surface area contributed by atoms with E-state index in [1.807, 2.05) is 24.3 Å². The first-order valence-corrected chi connectivity index (χ1v) is 7.79. The second-order valence-electron chi connectivity index (χ2n) is 5.55. The summed E-state index contributed by atoms with van der Waals surface area (Å²) in [6.07, 6.45) is 4.02. The van der Waals surface area contributed by atoms with Crippen LogP contribution in [0.15, 0.2) is 24.3 Å². The minimum atomic E-state index is 0.0544. The van der Waals surface area contributed by atoms with Crippen LogP contribution >= 0.6 is 11.6 Å². The summed E-state index contributed by atoms with van der Waals surface area (Å²) in [5.74, 6) is 0.582. The SMILES string of the molecule is CCC(NC(=O)[C@@H]1CCC[C@@H]1CN)c1ccc(Cl)cc1. The molecule has 3 nitrogen and oxygen atoms in total. The van der Waals surface area contributed by atoms with Crippen molar-refractivity contribution in [2.24, 2.45) is 17.6 Å². The van der Waals surface area contributed by atoms with Gasteiger partial charge in [-0.2, -0.15) is 0 Å². The lowest BCUT2D eigenvalue weighted by atomic mass is 9.94. The van der Waals surface area contributed by atoms with Crippen molar-refractivity contribution in [2.45, 2.75) is 38.6 Å². The Morgan fingerprint density at radius 2 is 2.10 bits per heavy atom. The van der Waals surface area contributed by atoms with Crippen molar-refractivity contribution in [3.05, 3.63) is 34.9 Å². The summed E-state index contributed by atoms with van der Waals surface area (Å²) in [6, 6.07) is 7.74. The topological polar surface area (TPSA) is 55.1 Å². The first-order valence-electron chi connectivity index (χ1n) is 7.41. The van der Waals surface area contributed by atoms with E-state index in [1.54, 1.807) is 0 Å². The van der Waals surface area contributed by atoms with Crippen LogP contribution in [0.2, 0.25) is 5.02 Å². The number of benzene rings is 1. The number of rotatable bonds is 5. The molecule has 0 aliphatic heterocycles. The van der Waals surface area contributed by atoms with Crippen molar-refractivity contribution in [1.82, 2.24) is 5.32 Å². The van der Waals surface area contributed by atoms with E-state index in [-0.39, 0.29) is 17.9 Å². The Balaban J connectivity index is 2.02. The Kier molecular flexibility index (Phi) is 5.44. The molecule has 3 atom stereocenters. The standard InChI is InChI=1S/C16H23ClN2O/c1-2-15(11-6-8-13(17)9-7-11)19-16(20)14-5-3-4-12(14)10-18/h6-9,12,14-15H,2-5,10,18H2,1H3,(H,19,20)/t12-,14-,15?/m1/s1. The Bertz CT molecular complexity index is 446. The van der Waals surface area contributed by atoms with Crippen molar-refractivity contribution in [3.63, 3.8) is 0 Å². The Labute approximate surface area is 125 Å². The smallest absolute Gasteiger partial charge is 0.223 e. The van der Waals surface area contributed by atoms with Gasteiger partial charge in [-0.3, -0.25) is 4.79 Å². The highest BCUT2D eigenvalue weighted by Gasteiger charge is 2.32. The van der Waals surface area contributed by atoms with Crippen molar-refractivity contribution < 1.29 is 4.79 Å². The van der Waals surface area contributed by atoms with Gasteiger partial charge in [0.05, 0.1) is 6.04 Å². The number of nitrogens with one attached hydrogen (secondary N) is 1. The summed E-state index contributed by atoms with van der Waals surface area (Å²) in [5.41, 5.74) is 6.86. The van der Waals surface area contributed by atoms with E-state index in [9.17, 15) is 4.79 Å². The molecule has 0 spiro atoms. The van der Waals surface area contributed by atoms with Gasteiger partial charge in [0.1, 0.15) is 0 Å². The lowest BCUT2D eigenvalue weighted by Crippen LogP contribution is -2.37. The monoisotopic (exact) mass is 294 g/mol. The molecule has 20 heavy (non-hydrogen) atoms. The van der Waals surface area contributed by atoms with Crippen molar-refractivity contribution >= 4 is 17.5 Å². The van der Waals surface area contributed by atoms with Gasteiger partial charge in [0.15, 0.2) is 0 Å². The number of hydrogen-bond donors (Lipinski definition) is 2. The van der Waals surface area contributed by atoms with E-state index in [0.717, 1.165) is 31.2 Å². The number of nitrogens with two attached hydrogens (primary N) is 1. The fourth-order valence-corrected chi connectivity index (χ4v) is 3.19. The molecule has 4 heteroatoms. The van der Waals surface area contributed by atoms with E-state index in [1.165, 1.54) is 0 Å². The average Bonchev–Trinajstić information content (AvgIpc) is 2.94. The predicted molar refractivity (Wildman–Crippen MR) is 82.5 cm³/mol. The fourth-order valence-electron chi connectivity index (χ4n) is 3.06. The van der Waals surface area contributed by atoms with Crippen LogP contribution in [0.4, 0.5) is 0 Å². The van der Waals surface area contributed by atoms with Crippen LogP contribution in [0.5, 0.6) is 0 Å². The zero-order valence-corrected chi connectivity index (χ0v) is 12.7. The van der Waals surface area contributed by atoms with Gasteiger partial charge in [0.25, 0.3) is 0 Å². The maximum atomic E-state index is 12.4. The maximum absolute atomic E-state index is 12.4. The molecule has 0 heterocycles. The summed E-state index contributed by atoms with van der Waals surface area (Å²) < 4.78 is 0. The molecule has 1 saturated carbocycles. The molecule has 0 aromatic heterocycles. The molecule has 110 valence electrons. The van der Waals surface area contributed by atoms with Gasteiger partial charge in [-0.1, -0.05) is 37.1 Å². The minimum absolute atomic E-state index is 0.0544. The van der Waals surface area contributed by atoms with Crippen LogP contribution in [0.25, 0.3) is 0 Å².